The smallest absolute Gasteiger partial charge is 0.325 e. The first-order valence-electron chi connectivity index (χ1n) is 4.70. The minimum atomic E-state index is -0.452. The summed E-state index contributed by atoms with van der Waals surface area (Å²) in [6, 6.07) is 3.01. The van der Waals surface area contributed by atoms with Gasteiger partial charge < -0.3 is 14.3 Å². The van der Waals surface area contributed by atoms with Gasteiger partial charge in [0.15, 0.2) is 11.5 Å². The lowest BCUT2D eigenvalue weighted by molar-refractivity contribution is 0.174. The van der Waals surface area contributed by atoms with E-state index in [9.17, 15) is 4.79 Å². The summed E-state index contributed by atoms with van der Waals surface area (Å²) in [6.45, 7) is 0.488. The Balaban J connectivity index is 2.13. The van der Waals surface area contributed by atoms with E-state index in [2.05, 4.69) is 0 Å². The van der Waals surface area contributed by atoms with Crippen molar-refractivity contribution in [2.45, 2.75) is 6.54 Å². The van der Waals surface area contributed by atoms with Crippen molar-refractivity contribution in [2.75, 3.05) is 11.6 Å². The summed E-state index contributed by atoms with van der Waals surface area (Å²) < 4.78 is 10.5. The van der Waals surface area contributed by atoms with Crippen molar-refractivity contribution in [3.63, 3.8) is 0 Å². The summed E-state index contributed by atoms with van der Waals surface area (Å²) in [5.41, 5.74) is 1.42. The zero-order valence-corrected chi connectivity index (χ0v) is 8.34. The highest BCUT2D eigenvalue weighted by molar-refractivity contribution is 6.31. The maximum atomic E-state index is 11.5. The number of ether oxygens (including phenoxy) is 2. The molecule has 3 rings (SSSR count). The van der Waals surface area contributed by atoms with Gasteiger partial charge in [0, 0.05) is 11.8 Å². The highest BCUT2D eigenvalue weighted by Gasteiger charge is 2.28. The number of hydrazine groups is 1. The van der Waals surface area contributed by atoms with E-state index in [1.165, 1.54) is 0 Å². The van der Waals surface area contributed by atoms with Crippen molar-refractivity contribution in [1.82, 2.24) is 5.01 Å². The number of hydrogen-bond acceptors (Lipinski definition) is 4. The number of carbonyl (C=O) groups excluding carboxylic acids is 1. The number of nitrogens with two attached hydrogens (primary N) is 1. The molecule has 7 heteroatoms. The van der Waals surface area contributed by atoms with E-state index in [1.54, 1.807) is 12.1 Å². The van der Waals surface area contributed by atoms with Crippen LogP contribution in [0.1, 0.15) is 5.56 Å². The van der Waals surface area contributed by atoms with Gasteiger partial charge in [0.25, 0.3) is 0 Å². The van der Waals surface area contributed by atoms with Gasteiger partial charge in [-0.25, -0.2) is 10.6 Å². The molecule has 0 bridgehead atoms. The summed E-state index contributed by atoms with van der Waals surface area (Å²) in [4.78, 5) is 12.5. The molecule has 0 saturated carbocycles. The largest absolute Gasteiger partial charge is 0.454 e. The van der Waals surface area contributed by atoms with Crippen LogP contribution in [-0.2, 0) is 6.54 Å². The molecule has 0 aromatic heterocycles. The molecule has 2 radical (unpaired) electrons. The molecular weight excluding hydrogens is 209 g/mol. The summed E-state index contributed by atoms with van der Waals surface area (Å²) in [6.07, 6.45) is 0. The van der Waals surface area contributed by atoms with Crippen LogP contribution >= 0.6 is 0 Å². The van der Waals surface area contributed by atoms with Gasteiger partial charge >= 0.3 is 6.03 Å². The van der Waals surface area contributed by atoms with E-state index >= 15 is 0 Å². The van der Waals surface area contributed by atoms with Gasteiger partial charge in [-0.3, -0.25) is 5.01 Å². The third-order valence-electron chi connectivity index (χ3n) is 2.63. The van der Waals surface area contributed by atoms with Crippen molar-refractivity contribution >= 4 is 19.7 Å². The maximum absolute atomic E-state index is 11.5. The van der Waals surface area contributed by atoms with Gasteiger partial charge in [-0.15, -0.1) is 0 Å². The van der Waals surface area contributed by atoms with E-state index < -0.39 is 6.03 Å². The monoisotopic (exact) mass is 217 g/mol. The van der Waals surface area contributed by atoms with Crippen LogP contribution in [0.2, 0.25) is 0 Å². The fraction of sp³-hybridized carbons (Fsp3) is 0.222. The first-order chi connectivity index (χ1) is 7.66. The van der Waals surface area contributed by atoms with E-state index in [-0.39, 0.29) is 6.79 Å². The molecule has 0 saturated heterocycles. The lowest BCUT2D eigenvalue weighted by Gasteiger charge is -2.32. The Morgan fingerprint density at radius 2 is 2.00 bits per heavy atom. The normalized spacial score (nSPS) is 17.7. The number of rotatable bonds is 0. The van der Waals surface area contributed by atoms with Crippen LogP contribution in [0, 0.1) is 0 Å². The van der Waals surface area contributed by atoms with Crippen molar-refractivity contribution < 1.29 is 14.3 Å². The predicted molar refractivity (Wildman–Crippen MR) is 55.9 cm³/mol. The van der Waals surface area contributed by atoms with E-state index in [0.717, 1.165) is 15.4 Å². The number of anilines is 1. The molecule has 16 heavy (non-hydrogen) atoms. The van der Waals surface area contributed by atoms with E-state index in [4.69, 9.17) is 23.3 Å². The van der Waals surface area contributed by atoms with Crippen molar-refractivity contribution in [1.29, 1.82) is 0 Å². The third-order valence-corrected chi connectivity index (χ3v) is 2.63. The second-order valence-corrected chi connectivity index (χ2v) is 3.61. The molecule has 0 unspecified atom stereocenters. The quantitative estimate of drug-likeness (QED) is 0.380. The average Bonchev–Trinajstić information content (AvgIpc) is 2.71. The second kappa shape index (κ2) is 3.05. The van der Waals surface area contributed by atoms with Crippen LogP contribution in [0.5, 0.6) is 11.5 Å². The fourth-order valence-corrected chi connectivity index (χ4v) is 1.82. The van der Waals surface area contributed by atoms with Crippen molar-refractivity contribution in [2.24, 2.45) is 5.84 Å². The lowest BCUT2D eigenvalue weighted by Crippen LogP contribution is -2.49. The van der Waals surface area contributed by atoms with E-state index in [0.29, 0.717) is 23.7 Å². The molecule has 0 fully saturated rings. The van der Waals surface area contributed by atoms with Crippen LogP contribution in [0.25, 0.3) is 0 Å². The van der Waals surface area contributed by atoms with Gasteiger partial charge in [0.05, 0.1) is 6.54 Å². The topological polar surface area (TPSA) is 68.0 Å². The molecule has 1 aromatic carbocycles. The first kappa shape index (κ1) is 9.35. The van der Waals surface area contributed by atoms with Gasteiger partial charge in [-0.2, -0.15) is 0 Å². The molecule has 0 aliphatic carbocycles. The zero-order chi connectivity index (χ0) is 11.3. The van der Waals surface area contributed by atoms with Crippen molar-refractivity contribution in [3.8, 4) is 11.5 Å². The summed E-state index contributed by atoms with van der Waals surface area (Å²) in [7, 11) is 5.64. The number of hydrogen-bond donors (Lipinski definition) is 1. The number of fused-ring (bicyclic) bond motifs is 2. The Morgan fingerprint density at radius 1 is 1.31 bits per heavy atom. The number of nitrogens with zero attached hydrogens (tertiary/aromatic N) is 2. The molecule has 2 heterocycles. The Morgan fingerprint density at radius 3 is 2.75 bits per heavy atom. The van der Waals surface area contributed by atoms with Crippen LogP contribution in [0.4, 0.5) is 10.5 Å². The van der Waals surface area contributed by atoms with Gasteiger partial charge in [-0.1, -0.05) is 0 Å². The van der Waals surface area contributed by atoms with E-state index in [1.807, 2.05) is 0 Å². The summed E-state index contributed by atoms with van der Waals surface area (Å²) in [5, 5.41) is 1.05. The average molecular weight is 217 g/mol. The third kappa shape index (κ3) is 1.15. The molecule has 0 atom stereocenters. The maximum Gasteiger partial charge on any atom is 0.325 e. The molecule has 2 aliphatic rings. The molecule has 2 aliphatic heterocycles. The number of benzene rings is 1. The molecule has 2 N–H and O–H groups in total. The summed E-state index contributed by atoms with van der Waals surface area (Å²) >= 11 is 0. The minimum Gasteiger partial charge on any atom is -0.454 e. The number of urea groups is 1. The molecule has 2 amide bonds. The summed E-state index contributed by atoms with van der Waals surface area (Å²) in [5.74, 6) is 6.76. The van der Waals surface area contributed by atoms with Crippen LogP contribution < -0.4 is 20.1 Å². The first-order valence-corrected chi connectivity index (χ1v) is 4.70. The number of carbonyl (C=O) groups is 1. The Kier molecular flexibility index (Phi) is 1.78. The molecule has 80 valence electrons. The lowest BCUT2D eigenvalue weighted by atomic mass is 10.1. The van der Waals surface area contributed by atoms with Crippen LogP contribution in [0.3, 0.4) is 0 Å². The van der Waals surface area contributed by atoms with Gasteiger partial charge in [-0.05, 0) is 11.6 Å². The second-order valence-electron chi connectivity index (χ2n) is 3.61. The van der Waals surface area contributed by atoms with Gasteiger partial charge in [0.2, 0.25) is 14.8 Å². The zero-order valence-electron chi connectivity index (χ0n) is 8.34. The predicted octanol–water partition coefficient (Wildman–Crippen LogP) is 0.115. The highest BCUT2D eigenvalue weighted by atomic mass is 16.7. The fourth-order valence-electron chi connectivity index (χ4n) is 1.82. The minimum absolute atomic E-state index is 0.184. The number of amides is 2. The molecule has 1 aromatic rings. The SMILES string of the molecule is [B]N1C(=O)N(N)Cc2cc3c(cc21)OCO3. The van der Waals surface area contributed by atoms with Crippen LogP contribution in [-0.4, -0.2) is 25.8 Å². The van der Waals surface area contributed by atoms with Crippen molar-refractivity contribution in [3.05, 3.63) is 17.7 Å². The Hall–Kier alpha value is -1.89. The molecule has 6 nitrogen and oxygen atoms in total. The highest BCUT2D eigenvalue weighted by Crippen LogP contribution is 2.39. The standard InChI is InChI=1S/C9H8BN3O3/c10-13-6-2-8-7(15-4-16-8)1-5(6)3-12(11)9(13)14/h1-2H,3-4,11H2. The van der Waals surface area contributed by atoms with Crippen LogP contribution in [0.15, 0.2) is 12.1 Å². The molecular formula is C9H8BN3O3. The van der Waals surface area contributed by atoms with Gasteiger partial charge in [0.1, 0.15) is 0 Å². The Labute approximate surface area is 92.9 Å². The Bertz CT molecular complexity index is 479. The molecule has 0 spiro atoms.